The lowest BCUT2D eigenvalue weighted by Gasteiger charge is -2.34. The fourth-order valence-electron chi connectivity index (χ4n) is 4.65. The SMILES string of the molecule is CC(=O)Nc1cccc(NC(=O)C(=O)N[C@H](c2ccccc2C)[C@@H]2CCC[C@@H](C)C2)c1C. The summed E-state index contributed by atoms with van der Waals surface area (Å²) in [5.41, 5.74) is 3.96. The Balaban J connectivity index is 1.78. The molecule has 0 spiro atoms. The van der Waals surface area contributed by atoms with E-state index < -0.39 is 11.8 Å². The van der Waals surface area contributed by atoms with Crippen LogP contribution in [0.1, 0.15) is 62.3 Å². The third-order valence-corrected chi connectivity index (χ3v) is 6.36. The van der Waals surface area contributed by atoms with Crippen LogP contribution in [0, 0.1) is 25.7 Å². The first-order valence-electron chi connectivity index (χ1n) is 11.3. The first-order chi connectivity index (χ1) is 15.3. The normalized spacial score (nSPS) is 19.0. The van der Waals surface area contributed by atoms with Gasteiger partial charge in [0.15, 0.2) is 0 Å². The van der Waals surface area contributed by atoms with E-state index in [-0.39, 0.29) is 11.9 Å². The molecule has 0 radical (unpaired) electrons. The number of carbonyl (C=O) groups excluding carboxylic acids is 3. The second kappa shape index (κ2) is 10.4. The van der Waals surface area contributed by atoms with E-state index in [0.717, 1.165) is 30.4 Å². The number of anilines is 2. The van der Waals surface area contributed by atoms with Crippen LogP contribution >= 0.6 is 0 Å². The van der Waals surface area contributed by atoms with Crippen molar-refractivity contribution >= 4 is 29.1 Å². The van der Waals surface area contributed by atoms with Crippen molar-refractivity contribution in [3.63, 3.8) is 0 Å². The number of benzene rings is 2. The number of rotatable bonds is 5. The Kier molecular flexibility index (Phi) is 7.67. The molecule has 2 aromatic rings. The van der Waals surface area contributed by atoms with Crippen molar-refractivity contribution in [2.24, 2.45) is 11.8 Å². The van der Waals surface area contributed by atoms with Gasteiger partial charge in [0.05, 0.1) is 6.04 Å². The molecule has 0 bridgehead atoms. The summed E-state index contributed by atoms with van der Waals surface area (Å²) in [7, 11) is 0. The third-order valence-electron chi connectivity index (χ3n) is 6.36. The van der Waals surface area contributed by atoms with Crippen molar-refractivity contribution in [3.8, 4) is 0 Å². The zero-order valence-electron chi connectivity index (χ0n) is 19.3. The molecule has 0 aliphatic heterocycles. The summed E-state index contributed by atoms with van der Waals surface area (Å²) < 4.78 is 0. The van der Waals surface area contributed by atoms with E-state index in [1.165, 1.54) is 13.3 Å². The summed E-state index contributed by atoms with van der Waals surface area (Å²) in [4.78, 5) is 37.1. The lowest BCUT2D eigenvalue weighted by Crippen LogP contribution is -2.41. The van der Waals surface area contributed by atoms with Crippen molar-refractivity contribution in [2.75, 3.05) is 10.6 Å². The van der Waals surface area contributed by atoms with Gasteiger partial charge < -0.3 is 16.0 Å². The molecule has 3 rings (SSSR count). The summed E-state index contributed by atoms with van der Waals surface area (Å²) in [6.45, 7) is 7.51. The Bertz CT molecular complexity index is 1000. The Hall–Kier alpha value is -3.15. The maximum Gasteiger partial charge on any atom is 0.313 e. The topological polar surface area (TPSA) is 87.3 Å². The summed E-state index contributed by atoms with van der Waals surface area (Å²) in [5, 5.41) is 8.47. The second-order valence-corrected chi connectivity index (χ2v) is 8.95. The van der Waals surface area contributed by atoms with E-state index >= 15 is 0 Å². The minimum absolute atomic E-state index is 0.197. The Morgan fingerprint density at radius 1 is 0.906 bits per heavy atom. The summed E-state index contributed by atoms with van der Waals surface area (Å²) in [5.74, 6) is -0.667. The Labute approximate surface area is 190 Å². The van der Waals surface area contributed by atoms with Crippen molar-refractivity contribution in [3.05, 3.63) is 59.2 Å². The van der Waals surface area contributed by atoms with Crippen LogP contribution in [-0.4, -0.2) is 17.7 Å². The van der Waals surface area contributed by atoms with Gasteiger partial charge >= 0.3 is 11.8 Å². The molecule has 0 unspecified atom stereocenters. The molecule has 0 aromatic heterocycles. The molecule has 1 saturated carbocycles. The molecule has 2 aromatic carbocycles. The maximum absolute atomic E-state index is 12.9. The second-order valence-electron chi connectivity index (χ2n) is 8.95. The number of hydrogen-bond donors (Lipinski definition) is 3. The van der Waals surface area contributed by atoms with Crippen LogP contribution in [0.25, 0.3) is 0 Å². The maximum atomic E-state index is 12.9. The molecular formula is C26H33N3O3. The van der Waals surface area contributed by atoms with Crippen LogP contribution in [0.5, 0.6) is 0 Å². The van der Waals surface area contributed by atoms with Gasteiger partial charge in [0.25, 0.3) is 0 Å². The molecule has 1 aliphatic carbocycles. The zero-order chi connectivity index (χ0) is 23.3. The average molecular weight is 436 g/mol. The molecule has 0 heterocycles. The minimum atomic E-state index is -0.712. The smallest absolute Gasteiger partial charge is 0.313 e. The van der Waals surface area contributed by atoms with Crippen LogP contribution in [0.3, 0.4) is 0 Å². The molecule has 6 nitrogen and oxygen atoms in total. The summed E-state index contributed by atoms with van der Waals surface area (Å²) >= 11 is 0. The number of aryl methyl sites for hydroxylation is 1. The van der Waals surface area contributed by atoms with Crippen LogP contribution in [-0.2, 0) is 14.4 Å². The van der Waals surface area contributed by atoms with Gasteiger partial charge in [-0.05, 0) is 67.3 Å². The van der Waals surface area contributed by atoms with E-state index in [4.69, 9.17) is 0 Å². The molecule has 3 atom stereocenters. The zero-order valence-corrected chi connectivity index (χ0v) is 19.3. The first-order valence-corrected chi connectivity index (χ1v) is 11.3. The van der Waals surface area contributed by atoms with Gasteiger partial charge in [-0.1, -0.05) is 50.1 Å². The molecular weight excluding hydrogens is 402 g/mol. The predicted octanol–water partition coefficient (Wildman–Crippen LogP) is 4.88. The van der Waals surface area contributed by atoms with Gasteiger partial charge in [-0.25, -0.2) is 0 Å². The average Bonchev–Trinajstić information content (AvgIpc) is 2.75. The predicted molar refractivity (Wildman–Crippen MR) is 127 cm³/mol. The van der Waals surface area contributed by atoms with E-state index in [1.54, 1.807) is 25.1 Å². The fourth-order valence-corrected chi connectivity index (χ4v) is 4.65. The molecule has 170 valence electrons. The molecule has 3 amide bonds. The fraction of sp³-hybridized carbons (Fsp3) is 0.423. The molecule has 6 heteroatoms. The Morgan fingerprint density at radius 2 is 1.59 bits per heavy atom. The molecule has 32 heavy (non-hydrogen) atoms. The quantitative estimate of drug-likeness (QED) is 0.585. The standard InChI is InChI=1S/C26H33N3O3/c1-16-9-7-11-20(15-16)24(21-12-6-5-10-17(21)2)29-26(32)25(31)28-23-14-8-13-22(18(23)3)27-19(4)30/h5-6,8,10,12-14,16,20,24H,7,9,11,15H2,1-4H3,(H,27,30)(H,28,31)(H,29,32)/t16-,20-,24+/m1/s1. The van der Waals surface area contributed by atoms with Crippen molar-refractivity contribution in [2.45, 2.75) is 59.4 Å². The monoisotopic (exact) mass is 435 g/mol. The highest BCUT2D eigenvalue weighted by atomic mass is 16.2. The minimum Gasteiger partial charge on any atom is -0.341 e. The van der Waals surface area contributed by atoms with Gasteiger partial charge in [0, 0.05) is 18.3 Å². The van der Waals surface area contributed by atoms with Crippen molar-refractivity contribution < 1.29 is 14.4 Å². The molecule has 1 fully saturated rings. The largest absolute Gasteiger partial charge is 0.341 e. The van der Waals surface area contributed by atoms with Crippen LogP contribution in [0.2, 0.25) is 0 Å². The van der Waals surface area contributed by atoms with E-state index in [0.29, 0.717) is 28.8 Å². The van der Waals surface area contributed by atoms with E-state index in [1.807, 2.05) is 31.2 Å². The number of carbonyl (C=O) groups is 3. The van der Waals surface area contributed by atoms with Crippen LogP contribution < -0.4 is 16.0 Å². The first kappa shape index (κ1) is 23.5. The summed E-state index contributed by atoms with van der Waals surface area (Å²) in [6.07, 6.45) is 4.39. The van der Waals surface area contributed by atoms with Gasteiger partial charge in [0.2, 0.25) is 5.91 Å². The Morgan fingerprint density at radius 3 is 2.25 bits per heavy atom. The molecule has 1 aliphatic rings. The molecule has 0 saturated heterocycles. The van der Waals surface area contributed by atoms with E-state index in [9.17, 15) is 14.4 Å². The van der Waals surface area contributed by atoms with Crippen LogP contribution in [0.15, 0.2) is 42.5 Å². The van der Waals surface area contributed by atoms with Gasteiger partial charge in [0.1, 0.15) is 0 Å². The van der Waals surface area contributed by atoms with Gasteiger partial charge in [-0.2, -0.15) is 0 Å². The number of nitrogens with one attached hydrogen (secondary N) is 3. The number of hydrogen-bond acceptors (Lipinski definition) is 3. The lowest BCUT2D eigenvalue weighted by molar-refractivity contribution is -0.137. The third kappa shape index (κ3) is 5.75. The lowest BCUT2D eigenvalue weighted by atomic mass is 9.76. The highest BCUT2D eigenvalue weighted by Crippen LogP contribution is 2.38. The highest BCUT2D eigenvalue weighted by molar-refractivity contribution is 6.39. The van der Waals surface area contributed by atoms with Crippen LogP contribution in [0.4, 0.5) is 11.4 Å². The van der Waals surface area contributed by atoms with Crippen molar-refractivity contribution in [1.29, 1.82) is 0 Å². The molecule has 3 N–H and O–H groups in total. The number of amides is 3. The highest BCUT2D eigenvalue weighted by Gasteiger charge is 2.31. The van der Waals surface area contributed by atoms with Gasteiger partial charge in [-0.15, -0.1) is 0 Å². The summed E-state index contributed by atoms with van der Waals surface area (Å²) in [6, 6.07) is 13.0. The van der Waals surface area contributed by atoms with E-state index in [2.05, 4.69) is 22.9 Å². The van der Waals surface area contributed by atoms with Gasteiger partial charge in [-0.3, -0.25) is 14.4 Å². The van der Waals surface area contributed by atoms with Crippen molar-refractivity contribution in [1.82, 2.24) is 5.32 Å².